The fourth-order valence-corrected chi connectivity index (χ4v) is 3.76. The summed E-state index contributed by atoms with van der Waals surface area (Å²) in [5.74, 6) is 0.197. The number of nitrogen functional groups attached to an aromatic ring is 1. The van der Waals surface area contributed by atoms with Crippen molar-refractivity contribution in [3.63, 3.8) is 0 Å². The van der Waals surface area contributed by atoms with Crippen LogP contribution < -0.4 is 17.2 Å². The highest BCUT2D eigenvalue weighted by atomic mass is 127. The van der Waals surface area contributed by atoms with Gasteiger partial charge in [0.05, 0.1) is 17.1 Å². The lowest BCUT2D eigenvalue weighted by molar-refractivity contribution is 0.628. The van der Waals surface area contributed by atoms with Crippen LogP contribution in [0, 0.1) is 5.82 Å². The van der Waals surface area contributed by atoms with Crippen LogP contribution in [0.1, 0.15) is 25.5 Å². The second kappa shape index (κ2) is 9.88. The Morgan fingerprint density at radius 3 is 2.23 bits per heavy atom. The zero-order valence-electron chi connectivity index (χ0n) is 17.8. The number of benzene rings is 2. The highest BCUT2D eigenvalue weighted by molar-refractivity contribution is 14.0. The molecule has 0 amide bonds. The molecule has 0 aliphatic heterocycles. The average molecular weight is 545 g/mol. The third kappa shape index (κ3) is 5.38. The average Bonchev–Trinajstić information content (AvgIpc) is 2.61. The van der Waals surface area contributed by atoms with E-state index in [1.807, 2.05) is 19.9 Å². The van der Waals surface area contributed by atoms with E-state index in [1.165, 1.54) is 12.1 Å². The third-order valence-electron chi connectivity index (χ3n) is 4.44. The number of anilines is 2. The van der Waals surface area contributed by atoms with Crippen molar-refractivity contribution in [2.24, 2.45) is 4.36 Å². The van der Waals surface area contributed by atoms with Crippen LogP contribution in [0.4, 0.5) is 21.6 Å². The zero-order valence-corrected chi connectivity index (χ0v) is 21.0. The number of nitrogens with zero attached hydrogens (tertiary/aromatic N) is 2. The number of fused-ring (bicyclic) bond motifs is 1. The van der Waals surface area contributed by atoms with Gasteiger partial charge in [0.2, 0.25) is 0 Å². The van der Waals surface area contributed by atoms with Crippen molar-refractivity contribution in [3.05, 3.63) is 47.9 Å². The minimum atomic E-state index is -2.42. The van der Waals surface area contributed by atoms with Crippen LogP contribution in [0.15, 0.2) is 40.8 Å². The van der Waals surface area contributed by atoms with E-state index in [4.69, 9.17) is 10.7 Å². The summed E-state index contributed by atoms with van der Waals surface area (Å²) in [6, 6.07) is 10.1. The fraction of sp³-hybridized carbons (Fsp3) is 0.286. The second-order valence-corrected chi connectivity index (χ2v) is 9.91. The normalized spacial score (nSPS) is 11.0. The van der Waals surface area contributed by atoms with Gasteiger partial charge < -0.3 is 17.2 Å². The van der Waals surface area contributed by atoms with Gasteiger partial charge in [0.25, 0.3) is 0 Å². The Labute approximate surface area is 194 Å². The molecule has 0 bridgehead atoms. The van der Waals surface area contributed by atoms with Gasteiger partial charge in [-0.1, -0.05) is 26.0 Å². The second-order valence-electron chi connectivity index (χ2n) is 7.36. The molecule has 3 aromatic rings. The van der Waals surface area contributed by atoms with Crippen LogP contribution in [0.2, 0.25) is 0 Å². The standard InChI is InChI=1S/C21H25FN4OS.HI.H3N/c1-12(2)20-19(13-6-8-14(22)9-7-13)15-11-18(24-3)17(23)10-16(15)21(25-20)26-28(4,5)27;;/h6-12,24H,23H2,1-5H3;1H;1H3. The minimum absolute atomic E-state index is 0. The Balaban J connectivity index is 0.00000225. The summed E-state index contributed by atoms with van der Waals surface area (Å²) in [5.41, 5.74) is 10.1. The summed E-state index contributed by atoms with van der Waals surface area (Å²) < 4.78 is 30.3. The molecule has 3 rings (SSSR count). The predicted molar refractivity (Wildman–Crippen MR) is 138 cm³/mol. The van der Waals surface area contributed by atoms with Crippen molar-refractivity contribution in [1.29, 1.82) is 0 Å². The summed E-state index contributed by atoms with van der Waals surface area (Å²) in [5, 5.41) is 4.70. The molecule has 0 aliphatic carbocycles. The summed E-state index contributed by atoms with van der Waals surface area (Å²) in [4.78, 5) is 4.77. The van der Waals surface area contributed by atoms with E-state index in [0.717, 1.165) is 33.3 Å². The SMILES string of the molecule is CNc1cc2c(-c3ccc(F)cc3)c(C(C)C)nc(N=S(C)(C)=O)c2cc1N.I.N. The molecule has 0 saturated heterocycles. The van der Waals surface area contributed by atoms with E-state index in [9.17, 15) is 8.60 Å². The largest absolute Gasteiger partial charge is 0.397 e. The fourth-order valence-electron chi connectivity index (χ4n) is 3.21. The molecule has 0 unspecified atom stereocenters. The molecule has 0 saturated carbocycles. The molecule has 6 nitrogen and oxygen atoms in total. The molecule has 164 valence electrons. The van der Waals surface area contributed by atoms with E-state index in [2.05, 4.69) is 9.68 Å². The number of nitrogens with one attached hydrogen (secondary N) is 1. The van der Waals surface area contributed by atoms with Crippen molar-refractivity contribution in [1.82, 2.24) is 11.1 Å². The predicted octanol–water partition coefficient (Wildman–Crippen LogP) is 5.93. The van der Waals surface area contributed by atoms with Gasteiger partial charge >= 0.3 is 0 Å². The summed E-state index contributed by atoms with van der Waals surface area (Å²) in [6.45, 7) is 4.08. The molecule has 0 atom stereocenters. The zero-order chi connectivity index (χ0) is 20.6. The number of hydrogen-bond donors (Lipinski definition) is 3. The van der Waals surface area contributed by atoms with Gasteiger partial charge in [-0.15, -0.1) is 24.0 Å². The maximum Gasteiger partial charge on any atom is 0.169 e. The molecule has 6 N–H and O–H groups in total. The monoisotopic (exact) mass is 545 g/mol. The summed E-state index contributed by atoms with van der Waals surface area (Å²) in [6.07, 6.45) is 3.16. The molecule has 0 fully saturated rings. The van der Waals surface area contributed by atoms with E-state index in [0.29, 0.717) is 11.5 Å². The first-order valence-electron chi connectivity index (χ1n) is 8.98. The van der Waals surface area contributed by atoms with Crippen LogP contribution >= 0.6 is 24.0 Å². The third-order valence-corrected chi connectivity index (χ3v) is 5.05. The molecular formula is C21H29FIN5OS. The van der Waals surface area contributed by atoms with Gasteiger partial charge in [0, 0.05) is 40.2 Å². The first kappa shape index (κ1) is 26.1. The smallest absolute Gasteiger partial charge is 0.169 e. The number of pyridine rings is 1. The molecule has 0 radical (unpaired) electrons. The van der Waals surface area contributed by atoms with Crippen molar-refractivity contribution >= 4 is 61.7 Å². The highest BCUT2D eigenvalue weighted by Crippen LogP contribution is 2.41. The molecule has 0 aliphatic rings. The van der Waals surface area contributed by atoms with Crippen molar-refractivity contribution < 1.29 is 8.60 Å². The van der Waals surface area contributed by atoms with Crippen LogP contribution in [-0.4, -0.2) is 28.8 Å². The van der Waals surface area contributed by atoms with Crippen molar-refractivity contribution in [3.8, 4) is 11.1 Å². The lowest BCUT2D eigenvalue weighted by atomic mass is 9.92. The molecular weight excluding hydrogens is 516 g/mol. The number of halogens is 2. The Bertz CT molecular complexity index is 1160. The van der Waals surface area contributed by atoms with Gasteiger partial charge in [-0.2, -0.15) is 4.36 Å². The summed E-state index contributed by atoms with van der Waals surface area (Å²) >= 11 is 0. The van der Waals surface area contributed by atoms with Crippen molar-refractivity contribution in [2.75, 3.05) is 30.6 Å². The van der Waals surface area contributed by atoms with Gasteiger partial charge in [-0.25, -0.2) is 13.6 Å². The van der Waals surface area contributed by atoms with Gasteiger partial charge in [-0.05, 0) is 41.1 Å². The molecule has 0 spiro atoms. The van der Waals surface area contributed by atoms with Gasteiger partial charge in [-0.3, -0.25) is 0 Å². The van der Waals surface area contributed by atoms with Crippen LogP contribution in [-0.2, 0) is 9.73 Å². The molecule has 9 heteroatoms. The maximum atomic E-state index is 13.5. The van der Waals surface area contributed by atoms with E-state index in [-0.39, 0.29) is 41.9 Å². The minimum Gasteiger partial charge on any atom is -0.397 e. The molecule has 1 heterocycles. The Morgan fingerprint density at radius 2 is 1.73 bits per heavy atom. The van der Waals surface area contributed by atoms with Gasteiger partial charge in [0.15, 0.2) is 5.82 Å². The number of hydrogen-bond acceptors (Lipinski definition) is 6. The van der Waals surface area contributed by atoms with E-state index in [1.54, 1.807) is 37.8 Å². The molecule has 30 heavy (non-hydrogen) atoms. The van der Waals surface area contributed by atoms with Gasteiger partial charge in [0.1, 0.15) is 5.82 Å². The van der Waals surface area contributed by atoms with E-state index >= 15 is 0 Å². The summed E-state index contributed by atoms with van der Waals surface area (Å²) in [7, 11) is -0.615. The van der Waals surface area contributed by atoms with Crippen LogP contribution in [0.3, 0.4) is 0 Å². The van der Waals surface area contributed by atoms with Crippen LogP contribution in [0.5, 0.6) is 0 Å². The first-order valence-corrected chi connectivity index (χ1v) is 11.3. The Hall–Kier alpha value is -1.98. The molecule has 2 aromatic carbocycles. The Kier molecular flexibility index (Phi) is 8.59. The van der Waals surface area contributed by atoms with Crippen LogP contribution in [0.25, 0.3) is 21.9 Å². The quantitative estimate of drug-likeness (QED) is 0.278. The molecule has 1 aromatic heterocycles. The number of nitrogens with two attached hydrogens (primary N) is 1. The number of rotatable bonds is 4. The topological polar surface area (TPSA) is 115 Å². The Morgan fingerprint density at radius 1 is 1.13 bits per heavy atom. The number of aromatic nitrogens is 1. The van der Waals surface area contributed by atoms with Crippen molar-refractivity contribution in [2.45, 2.75) is 19.8 Å². The van der Waals surface area contributed by atoms with E-state index < -0.39 is 9.73 Å². The highest BCUT2D eigenvalue weighted by Gasteiger charge is 2.19. The lowest BCUT2D eigenvalue weighted by Crippen LogP contribution is -2.02. The first-order chi connectivity index (χ1) is 13.1. The lowest BCUT2D eigenvalue weighted by Gasteiger charge is -2.19. The maximum absolute atomic E-state index is 13.5.